The lowest BCUT2D eigenvalue weighted by molar-refractivity contribution is 0.0910. The maximum atomic E-state index is 12.1. The van der Waals surface area contributed by atoms with Crippen LogP contribution in [0.25, 0.3) is 0 Å². The van der Waals surface area contributed by atoms with E-state index in [0.29, 0.717) is 5.56 Å². The van der Waals surface area contributed by atoms with E-state index in [4.69, 9.17) is 4.74 Å². The topological polar surface area (TPSA) is 29.5 Å². The van der Waals surface area contributed by atoms with Gasteiger partial charge in [0.2, 0.25) is 0 Å². The van der Waals surface area contributed by atoms with E-state index < -0.39 is 0 Å². The van der Waals surface area contributed by atoms with E-state index in [1.54, 1.807) is 19.2 Å². The predicted molar refractivity (Wildman–Crippen MR) is 72.7 cm³/mol. The summed E-state index contributed by atoms with van der Waals surface area (Å²) in [6, 6.07) is 5.42. The molecule has 94 valence electrons. The maximum absolute atomic E-state index is 12.1. The number of carbonyl (C=O) groups excluding carboxylic acids is 1. The minimum atomic E-state index is -0.00899. The molecule has 0 heterocycles. The molecule has 0 saturated carbocycles. The maximum Gasteiger partial charge on any atom is 0.166 e. The van der Waals surface area contributed by atoms with E-state index >= 15 is 0 Å². The summed E-state index contributed by atoms with van der Waals surface area (Å²) in [5.41, 5.74) is 0.715. The zero-order valence-corrected chi connectivity index (χ0v) is 12.2. The van der Waals surface area contributed by atoms with Crippen LogP contribution in [0.15, 0.2) is 22.7 Å². The number of ether oxygens (including phenoxy) is 1. The summed E-state index contributed by atoms with van der Waals surface area (Å²) in [5.74, 6) is 0.883. The number of ketones is 1. The molecule has 1 aromatic carbocycles. The Labute approximate surface area is 111 Å². The Morgan fingerprint density at radius 2 is 2.12 bits per heavy atom. The van der Waals surface area contributed by atoms with Crippen LogP contribution < -0.4 is 4.74 Å². The molecule has 0 aliphatic rings. The van der Waals surface area contributed by atoms with Crippen molar-refractivity contribution in [2.75, 3.05) is 27.7 Å². The molecule has 1 atom stereocenters. The van der Waals surface area contributed by atoms with E-state index in [1.165, 1.54) is 0 Å². The summed E-state index contributed by atoms with van der Waals surface area (Å²) in [5, 5.41) is 0. The van der Waals surface area contributed by atoms with Gasteiger partial charge in [-0.15, -0.1) is 0 Å². The van der Waals surface area contributed by atoms with Crippen molar-refractivity contribution in [2.45, 2.75) is 6.92 Å². The predicted octanol–water partition coefficient (Wildman–Crippen LogP) is 2.84. The number of halogens is 1. The van der Waals surface area contributed by atoms with Crippen LogP contribution in [0, 0.1) is 5.92 Å². The summed E-state index contributed by atoms with van der Waals surface area (Å²) < 4.78 is 5.95. The quantitative estimate of drug-likeness (QED) is 0.783. The van der Waals surface area contributed by atoms with Crippen LogP contribution in [0.5, 0.6) is 5.75 Å². The Morgan fingerprint density at radius 3 is 2.59 bits per heavy atom. The monoisotopic (exact) mass is 299 g/mol. The molecule has 0 amide bonds. The van der Waals surface area contributed by atoms with Crippen molar-refractivity contribution in [3.63, 3.8) is 0 Å². The van der Waals surface area contributed by atoms with Gasteiger partial charge in [-0.3, -0.25) is 4.79 Å². The van der Waals surface area contributed by atoms with Gasteiger partial charge in [-0.25, -0.2) is 0 Å². The van der Waals surface area contributed by atoms with E-state index in [-0.39, 0.29) is 11.7 Å². The van der Waals surface area contributed by atoms with Crippen molar-refractivity contribution in [2.24, 2.45) is 5.92 Å². The molecule has 4 heteroatoms. The van der Waals surface area contributed by atoms with Crippen LogP contribution in [0.4, 0.5) is 0 Å². The number of Topliss-reactive ketones (excluding diaryl/α,β-unsaturated/α-hetero) is 1. The Kier molecular flexibility index (Phi) is 5.15. The Hall–Kier alpha value is -0.870. The van der Waals surface area contributed by atoms with Crippen molar-refractivity contribution >= 4 is 21.7 Å². The molecular formula is C13H18BrNO2. The lowest BCUT2D eigenvalue weighted by Crippen LogP contribution is -2.25. The fourth-order valence-electron chi connectivity index (χ4n) is 1.73. The first-order chi connectivity index (χ1) is 7.95. The second-order valence-electron chi connectivity index (χ2n) is 4.38. The molecule has 3 nitrogen and oxygen atoms in total. The standard InChI is InChI=1S/C13H18BrNO2/c1-9(8-15(2)3)13(16)10-5-6-12(17-4)11(14)7-10/h5-7,9H,8H2,1-4H3. The average Bonchev–Trinajstić information content (AvgIpc) is 2.27. The first-order valence-corrected chi connectivity index (χ1v) is 6.27. The van der Waals surface area contributed by atoms with Crippen LogP contribution in [-0.2, 0) is 0 Å². The number of hydrogen-bond acceptors (Lipinski definition) is 3. The molecular weight excluding hydrogens is 282 g/mol. The van der Waals surface area contributed by atoms with Crippen molar-refractivity contribution in [3.8, 4) is 5.75 Å². The normalized spacial score (nSPS) is 12.6. The summed E-state index contributed by atoms with van der Waals surface area (Å²) in [4.78, 5) is 14.2. The van der Waals surface area contributed by atoms with Gasteiger partial charge in [-0.2, -0.15) is 0 Å². The van der Waals surface area contributed by atoms with Crippen LogP contribution in [0.2, 0.25) is 0 Å². The summed E-state index contributed by atoms with van der Waals surface area (Å²) in [6.07, 6.45) is 0. The van der Waals surface area contributed by atoms with Crippen molar-refractivity contribution in [3.05, 3.63) is 28.2 Å². The molecule has 1 rings (SSSR count). The molecule has 17 heavy (non-hydrogen) atoms. The number of nitrogens with zero attached hydrogens (tertiary/aromatic N) is 1. The molecule has 1 unspecified atom stereocenters. The van der Waals surface area contributed by atoms with E-state index in [2.05, 4.69) is 15.9 Å². The molecule has 0 fully saturated rings. The Bertz CT molecular complexity index is 404. The minimum Gasteiger partial charge on any atom is -0.496 e. The van der Waals surface area contributed by atoms with Crippen molar-refractivity contribution in [1.29, 1.82) is 0 Å². The Balaban J connectivity index is 2.86. The number of carbonyl (C=O) groups is 1. The van der Waals surface area contributed by atoms with Gasteiger partial charge in [0.15, 0.2) is 5.78 Å². The van der Waals surface area contributed by atoms with Crippen LogP contribution in [0.1, 0.15) is 17.3 Å². The van der Waals surface area contributed by atoms with Gasteiger partial charge >= 0.3 is 0 Å². The number of benzene rings is 1. The van der Waals surface area contributed by atoms with Gasteiger partial charge in [-0.05, 0) is 48.2 Å². The van der Waals surface area contributed by atoms with Gasteiger partial charge < -0.3 is 9.64 Å². The van der Waals surface area contributed by atoms with Crippen LogP contribution in [-0.4, -0.2) is 38.4 Å². The molecule has 0 aliphatic carbocycles. The minimum absolute atomic E-state index is 0.00899. The molecule has 0 saturated heterocycles. The average molecular weight is 300 g/mol. The van der Waals surface area contributed by atoms with E-state index in [9.17, 15) is 4.79 Å². The van der Waals surface area contributed by atoms with E-state index in [1.807, 2.05) is 32.0 Å². The smallest absolute Gasteiger partial charge is 0.166 e. The van der Waals surface area contributed by atoms with Crippen LogP contribution in [0.3, 0.4) is 0 Å². The van der Waals surface area contributed by atoms with Gasteiger partial charge in [-0.1, -0.05) is 6.92 Å². The fraction of sp³-hybridized carbons (Fsp3) is 0.462. The largest absolute Gasteiger partial charge is 0.496 e. The molecule has 0 N–H and O–H groups in total. The third-order valence-electron chi connectivity index (χ3n) is 2.52. The lowest BCUT2D eigenvalue weighted by atomic mass is 9.99. The molecule has 0 bridgehead atoms. The first kappa shape index (κ1) is 14.2. The fourth-order valence-corrected chi connectivity index (χ4v) is 2.28. The third kappa shape index (κ3) is 3.82. The highest BCUT2D eigenvalue weighted by Gasteiger charge is 2.16. The molecule has 0 aromatic heterocycles. The molecule has 0 spiro atoms. The first-order valence-electron chi connectivity index (χ1n) is 5.48. The van der Waals surface area contributed by atoms with Crippen molar-refractivity contribution in [1.82, 2.24) is 4.90 Å². The van der Waals surface area contributed by atoms with Gasteiger partial charge in [0.25, 0.3) is 0 Å². The molecule has 0 radical (unpaired) electrons. The number of methoxy groups -OCH3 is 1. The van der Waals surface area contributed by atoms with Gasteiger partial charge in [0, 0.05) is 18.0 Å². The Morgan fingerprint density at radius 1 is 1.47 bits per heavy atom. The third-order valence-corrected chi connectivity index (χ3v) is 3.14. The second kappa shape index (κ2) is 6.17. The highest BCUT2D eigenvalue weighted by Crippen LogP contribution is 2.26. The molecule has 1 aromatic rings. The van der Waals surface area contributed by atoms with E-state index in [0.717, 1.165) is 16.8 Å². The lowest BCUT2D eigenvalue weighted by Gasteiger charge is -2.16. The summed E-state index contributed by atoms with van der Waals surface area (Å²) in [7, 11) is 5.54. The van der Waals surface area contributed by atoms with Crippen molar-refractivity contribution < 1.29 is 9.53 Å². The zero-order chi connectivity index (χ0) is 13.0. The van der Waals surface area contributed by atoms with Crippen LogP contribution >= 0.6 is 15.9 Å². The zero-order valence-electron chi connectivity index (χ0n) is 10.7. The second-order valence-corrected chi connectivity index (χ2v) is 5.23. The summed E-state index contributed by atoms with van der Waals surface area (Å²) in [6.45, 7) is 2.70. The SMILES string of the molecule is COc1ccc(C(=O)C(C)CN(C)C)cc1Br. The number of rotatable bonds is 5. The highest BCUT2D eigenvalue weighted by atomic mass is 79.9. The summed E-state index contributed by atoms with van der Waals surface area (Å²) >= 11 is 3.39. The van der Waals surface area contributed by atoms with Gasteiger partial charge in [0.1, 0.15) is 5.75 Å². The van der Waals surface area contributed by atoms with Gasteiger partial charge in [0.05, 0.1) is 11.6 Å². The molecule has 0 aliphatic heterocycles. The highest BCUT2D eigenvalue weighted by molar-refractivity contribution is 9.10. The number of hydrogen-bond donors (Lipinski definition) is 0.